The van der Waals surface area contributed by atoms with E-state index in [2.05, 4.69) is 10.1 Å². The maximum absolute atomic E-state index is 12.8. The quantitative estimate of drug-likeness (QED) is 0.781. The van der Waals surface area contributed by atoms with Crippen LogP contribution in [-0.4, -0.2) is 26.2 Å². The highest BCUT2D eigenvalue weighted by Gasteiger charge is 2.04. The van der Waals surface area contributed by atoms with Crippen LogP contribution in [0.25, 0.3) is 0 Å². The Morgan fingerprint density at radius 2 is 2.18 bits per heavy atom. The van der Waals surface area contributed by atoms with E-state index in [4.69, 9.17) is 5.26 Å². The number of alkyl halides is 2. The molecule has 0 saturated heterocycles. The predicted molar refractivity (Wildman–Crippen MR) is 56.4 cm³/mol. The topological polar surface area (TPSA) is 45.0 Å². The molecule has 17 heavy (non-hydrogen) atoms. The van der Waals surface area contributed by atoms with Gasteiger partial charge in [0.25, 0.3) is 6.43 Å². The first kappa shape index (κ1) is 13.3. The lowest BCUT2D eigenvalue weighted by molar-refractivity contribution is 0.0215. The number of hydrogen-bond acceptors (Lipinski definition) is 3. The average molecular weight is 244 g/mol. The fourth-order valence-corrected chi connectivity index (χ4v) is 1.19. The zero-order chi connectivity index (χ0) is 12.7. The molecule has 0 saturated carbocycles. The van der Waals surface area contributed by atoms with Crippen LogP contribution in [0.2, 0.25) is 0 Å². The summed E-state index contributed by atoms with van der Waals surface area (Å²) >= 11 is 0. The number of anilines is 1. The van der Waals surface area contributed by atoms with E-state index in [-0.39, 0.29) is 18.7 Å². The van der Waals surface area contributed by atoms with E-state index in [9.17, 15) is 13.2 Å². The summed E-state index contributed by atoms with van der Waals surface area (Å²) in [6.07, 6.45) is -2.49. The molecule has 6 heteroatoms. The van der Waals surface area contributed by atoms with E-state index in [1.165, 1.54) is 12.1 Å². The van der Waals surface area contributed by atoms with Gasteiger partial charge >= 0.3 is 0 Å². The van der Waals surface area contributed by atoms with E-state index in [1.54, 1.807) is 0 Å². The fraction of sp³-hybridized carbons (Fsp3) is 0.364. The minimum absolute atomic E-state index is 0.0899. The molecule has 0 unspecified atom stereocenters. The summed E-state index contributed by atoms with van der Waals surface area (Å²) in [5.74, 6) is -0.499. The molecule has 0 radical (unpaired) electrons. The second kappa shape index (κ2) is 6.76. The third-order valence-electron chi connectivity index (χ3n) is 1.91. The smallest absolute Gasteiger partial charge is 0.261 e. The summed E-state index contributed by atoms with van der Waals surface area (Å²) in [5, 5.41) is 11.5. The van der Waals surface area contributed by atoms with Gasteiger partial charge in [-0.2, -0.15) is 5.26 Å². The molecule has 1 aromatic carbocycles. The molecule has 0 atom stereocenters. The molecular weight excluding hydrogens is 233 g/mol. The van der Waals surface area contributed by atoms with Gasteiger partial charge in [0.05, 0.1) is 17.9 Å². The maximum atomic E-state index is 12.8. The normalized spacial score (nSPS) is 10.3. The molecule has 0 aromatic heterocycles. The second-order valence-corrected chi connectivity index (χ2v) is 3.19. The van der Waals surface area contributed by atoms with Gasteiger partial charge in [0.1, 0.15) is 18.5 Å². The van der Waals surface area contributed by atoms with Gasteiger partial charge in [0.15, 0.2) is 0 Å². The molecule has 0 spiro atoms. The van der Waals surface area contributed by atoms with Gasteiger partial charge in [0.2, 0.25) is 0 Å². The Bertz CT molecular complexity index is 404. The third kappa shape index (κ3) is 4.74. The minimum atomic E-state index is -2.49. The highest BCUT2D eigenvalue weighted by molar-refractivity contribution is 5.57. The summed E-state index contributed by atoms with van der Waals surface area (Å²) < 4.78 is 40.9. The maximum Gasteiger partial charge on any atom is 0.261 e. The number of nitrogens with one attached hydrogen (secondary N) is 1. The van der Waals surface area contributed by atoms with Crippen LogP contribution in [0.5, 0.6) is 0 Å². The van der Waals surface area contributed by atoms with Crippen LogP contribution in [0.15, 0.2) is 18.2 Å². The number of rotatable bonds is 6. The Balaban J connectivity index is 2.39. The van der Waals surface area contributed by atoms with E-state index >= 15 is 0 Å². The van der Waals surface area contributed by atoms with Crippen molar-refractivity contribution in [3.63, 3.8) is 0 Å². The van der Waals surface area contributed by atoms with Gasteiger partial charge in [0, 0.05) is 6.54 Å². The zero-order valence-corrected chi connectivity index (χ0v) is 8.92. The van der Waals surface area contributed by atoms with Crippen LogP contribution in [0.1, 0.15) is 5.56 Å². The largest absolute Gasteiger partial charge is 0.382 e. The van der Waals surface area contributed by atoms with Crippen LogP contribution in [-0.2, 0) is 4.74 Å². The van der Waals surface area contributed by atoms with Gasteiger partial charge in [-0.1, -0.05) is 0 Å². The standard InChI is InChI=1S/C11H11F3N2O/c12-9-1-2-10(8(5-9)6-15)16-3-4-17-7-11(13)14/h1-2,5,11,16H,3-4,7H2. The molecule has 1 aromatic rings. The molecule has 0 aliphatic heterocycles. The number of benzene rings is 1. The van der Waals surface area contributed by atoms with Crippen molar-refractivity contribution in [1.29, 1.82) is 5.26 Å². The molecule has 0 amide bonds. The third-order valence-corrected chi connectivity index (χ3v) is 1.91. The van der Waals surface area contributed by atoms with E-state index in [0.717, 1.165) is 6.07 Å². The molecule has 0 heterocycles. The van der Waals surface area contributed by atoms with Crippen LogP contribution in [0.3, 0.4) is 0 Å². The molecule has 0 fully saturated rings. The van der Waals surface area contributed by atoms with Crippen LogP contribution in [0, 0.1) is 17.1 Å². The Morgan fingerprint density at radius 3 is 2.82 bits per heavy atom. The lowest BCUT2D eigenvalue weighted by Gasteiger charge is -2.08. The van der Waals surface area contributed by atoms with Crippen molar-refractivity contribution < 1.29 is 17.9 Å². The number of halogens is 3. The number of nitriles is 1. The number of ether oxygens (including phenoxy) is 1. The van der Waals surface area contributed by atoms with Crippen molar-refractivity contribution in [3.05, 3.63) is 29.6 Å². The Kier molecular flexibility index (Phi) is 5.30. The van der Waals surface area contributed by atoms with Crippen molar-refractivity contribution >= 4 is 5.69 Å². The van der Waals surface area contributed by atoms with E-state index < -0.39 is 18.8 Å². The minimum Gasteiger partial charge on any atom is -0.382 e. The van der Waals surface area contributed by atoms with E-state index in [0.29, 0.717) is 5.69 Å². The summed E-state index contributed by atoms with van der Waals surface area (Å²) in [5.41, 5.74) is 0.619. The Labute approximate surface area is 96.8 Å². The van der Waals surface area contributed by atoms with Crippen molar-refractivity contribution in [2.45, 2.75) is 6.43 Å². The first-order chi connectivity index (χ1) is 8.13. The summed E-state index contributed by atoms with van der Waals surface area (Å²) in [6.45, 7) is -0.254. The highest BCUT2D eigenvalue weighted by atomic mass is 19.3. The van der Waals surface area contributed by atoms with Gasteiger partial charge in [-0.05, 0) is 18.2 Å². The lowest BCUT2D eigenvalue weighted by atomic mass is 10.2. The lowest BCUT2D eigenvalue weighted by Crippen LogP contribution is -2.13. The fourth-order valence-electron chi connectivity index (χ4n) is 1.19. The zero-order valence-electron chi connectivity index (χ0n) is 8.92. The Hall–Kier alpha value is -1.74. The molecule has 1 N–H and O–H groups in total. The molecule has 3 nitrogen and oxygen atoms in total. The van der Waals surface area contributed by atoms with Gasteiger partial charge in [-0.3, -0.25) is 0 Å². The monoisotopic (exact) mass is 244 g/mol. The molecule has 0 aliphatic carbocycles. The van der Waals surface area contributed by atoms with Crippen LogP contribution >= 0.6 is 0 Å². The van der Waals surface area contributed by atoms with Crippen LogP contribution < -0.4 is 5.32 Å². The van der Waals surface area contributed by atoms with Gasteiger partial charge < -0.3 is 10.1 Å². The predicted octanol–water partition coefficient (Wildman–Crippen LogP) is 2.39. The van der Waals surface area contributed by atoms with Gasteiger partial charge in [-0.15, -0.1) is 0 Å². The van der Waals surface area contributed by atoms with Crippen molar-refractivity contribution in [3.8, 4) is 6.07 Å². The first-order valence-corrected chi connectivity index (χ1v) is 4.93. The number of hydrogen-bond donors (Lipinski definition) is 1. The molecular formula is C11H11F3N2O. The summed E-state index contributed by atoms with van der Waals surface area (Å²) in [6, 6.07) is 5.56. The van der Waals surface area contributed by atoms with E-state index in [1.807, 2.05) is 6.07 Å². The average Bonchev–Trinajstić information content (AvgIpc) is 2.29. The highest BCUT2D eigenvalue weighted by Crippen LogP contribution is 2.15. The number of nitrogens with zero attached hydrogens (tertiary/aromatic N) is 1. The van der Waals surface area contributed by atoms with Crippen molar-refractivity contribution in [2.24, 2.45) is 0 Å². The molecule has 1 rings (SSSR count). The Morgan fingerprint density at radius 1 is 1.41 bits per heavy atom. The SMILES string of the molecule is N#Cc1cc(F)ccc1NCCOCC(F)F. The van der Waals surface area contributed by atoms with Crippen LogP contribution in [0.4, 0.5) is 18.9 Å². The van der Waals surface area contributed by atoms with Gasteiger partial charge in [-0.25, -0.2) is 13.2 Å². The molecule has 0 bridgehead atoms. The summed E-state index contributed by atoms with van der Waals surface area (Å²) in [7, 11) is 0. The summed E-state index contributed by atoms with van der Waals surface area (Å²) in [4.78, 5) is 0. The first-order valence-electron chi connectivity index (χ1n) is 4.93. The van der Waals surface area contributed by atoms with Crippen molar-refractivity contribution in [2.75, 3.05) is 25.1 Å². The molecule has 0 aliphatic rings. The second-order valence-electron chi connectivity index (χ2n) is 3.19. The van der Waals surface area contributed by atoms with Crippen molar-refractivity contribution in [1.82, 2.24) is 0 Å². The molecule has 92 valence electrons.